The molecule has 0 bridgehead atoms. The highest BCUT2D eigenvalue weighted by Crippen LogP contribution is 2.48. The first-order chi connectivity index (χ1) is 6.37. The summed E-state index contributed by atoms with van der Waals surface area (Å²) in [6.07, 6.45) is -3.08. The first-order valence-electron chi connectivity index (χ1n) is 4.15. The average Bonchev–Trinajstić information content (AvgIpc) is 2.80. The van der Waals surface area contributed by atoms with Crippen LogP contribution in [-0.2, 0) is 0 Å². The number of rotatable bonds is 1. The number of hydrogen-bond acceptors (Lipinski definition) is 2. The zero-order chi connectivity index (χ0) is 10.6. The highest BCUT2D eigenvalue weighted by Gasteiger charge is 2.61. The van der Waals surface area contributed by atoms with Crippen LogP contribution in [0.1, 0.15) is 12.8 Å². The normalized spacial score (nSPS) is 33.4. The Bertz CT molecular complexity index is 321. The lowest BCUT2D eigenvalue weighted by Gasteiger charge is -2.28. The predicted molar refractivity (Wildman–Crippen MR) is 45.0 cm³/mol. The predicted octanol–water partition coefficient (Wildman–Crippen LogP) is 2.67. The van der Waals surface area contributed by atoms with Crippen LogP contribution in [0.5, 0.6) is 0 Å². The average molecular weight is 223 g/mol. The van der Waals surface area contributed by atoms with E-state index in [1.807, 2.05) is 0 Å². The number of nitrogens with zero attached hydrogens (tertiary/aromatic N) is 1. The van der Waals surface area contributed by atoms with E-state index in [9.17, 15) is 18.0 Å². The number of allylic oxidation sites excluding steroid dienone is 1. The highest BCUT2D eigenvalue weighted by molar-refractivity contribution is 8.14. The summed E-state index contributed by atoms with van der Waals surface area (Å²) in [5.74, 6) is 0. The van der Waals surface area contributed by atoms with Gasteiger partial charge in [-0.3, -0.25) is 0 Å². The summed E-state index contributed by atoms with van der Waals surface area (Å²) in [4.78, 5) is 11.4. The van der Waals surface area contributed by atoms with Crippen LogP contribution in [0.2, 0.25) is 0 Å². The Kier molecular flexibility index (Phi) is 1.98. The second-order valence-electron chi connectivity index (χ2n) is 3.62. The summed E-state index contributed by atoms with van der Waals surface area (Å²) in [6, 6.07) is -0.193. The van der Waals surface area contributed by atoms with Crippen LogP contribution >= 0.6 is 11.8 Å². The van der Waals surface area contributed by atoms with Crippen LogP contribution < -0.4 is 0 Å². The lowest BCUT2D eigenvalue weighted by molar-refractivity contribution is -0.804. The van der Waals surface area contributed by atoms with Gasteiger partial charge in [-0.2, -0.15) is 13.2 Å². The van der Waals surface area contributed by atoms with Crippen molar-refractivity contribution < 1.29 is 22.4 Å². The first kappa shape index (κ1) is 10.0. The Morgan fingerprint density at radius 3 is 2.50 bits per heavy atom. The summed E-state index contributed by atoms with van der Waals surface area (Å²) in [5, 5.41) is 1.62. The van der Waals surface area contributed by atoms with Crippen molar-refractivity contribution in [2.75, 3.05) is 7.05 Å². The van der Waals surface area contributed by atoms with Crippen LogP contribution in [0.25, 0.3) is 0 Å². The summed E-state index contributed by atoms with van der Waals surface area (Å²) < 4.78 is 37.0. The van der Waals surface area contributed by atoms with Gasteiger partial charge in [-0.05, 0) is 0 Å². The van der Waals surface area contributed by atoms with Crippen LogP contribution in [0.15, 0.2) is 5.70 Å². The van der Waals surface area contributed by atoms with Gasteiger partial charge in [0.05, 0.1) is 7.05 Å². The van der Waals surface area contributed by atoms with Gasteiger partial charge >= 0.3 is 11.4 Å². The maximum Gasteiger partial charge on any atom is 0.468 e. The zero-order valence-electron chi connectivity index (χ0n) is 7.39. The zero-order valence-corrected chi connectivity index (χ0v) is 8.21. The number of carbonyl (C=O) groups is 1. The van der Waals surface area contributed by atoms with Gasteiger partial charge in [0.1, 0.15) is 11.4 Å². The summed E-state index contributed by atoms with van der Waals surface area (Å²) in [7, 11) is 1.33. The molecule has 0 N–H and O–H groups in total. The maximum absolute atomic E-state index is 12.5. The maximum atomic E-state index is 12.5. The van der Waals surface area contributed by atoms with E-state index in [1.54, 1.807) is 0 Å². The van der Waals surface area contributed by atoms with Gasteiger partial charge in [0, 0.05) is 24.6 Å². The van der Waals surface area contributed by atoms with Gasteiger partial charge in [0.25, 0.3) is 0 Å². The molecule has 1 heterocycles. The minimum atomic E-state index is -4.45. The number of hydrogen-bond donors (Lipinski definition) is 0. The molecule has 0 spiro atoms. The van der Waals surface area contributed by atoms with Gasteiger partial charge < -0.3 is 0 Å². The quantitative estimate of drug-likeness (QED) is 0.636. The molecule has 1 amide bonds. The van der Waals surface area contributed by atoms with E-state index in [2.05, 4.69) is 5.41 Å². The Balaban J connectivity index is 2.37. The minimum Gasteiger partial charge on any atom is -0.218 e. The third-order valence-electron chi connectivity index (χ3n) is 2.62. The van der Waals surface area contributed by atoms with Crippen LogP contribution in [0, 0.1) is 5.41 Å². The molecule has 2 nitrogen and oxygen atoms in total. The van der Waals surface area contributed by atoms with Crippen molar-refractivity contribution in [3.63, 3.8) is 0 Å². The minimum absolute atomic E-state index is 0.193. The number of amides is 1. The molecule has 1 fully saturated rings. The third-order valence-corrected chi connectivity index (χ3v) is 3.47. The van der Waals surface area contributed by atoms with Crippen LogP contribution in [0.4, 0.5) is 18.0 Å². The third kappa shape index (κ3) is 1.28. The van der Waals surface area contributed by atoms with Crippen molar-refractivity contribution in [2.45, 2.75) is 25.1 Å². The molecule has 14 heavy (non-hydrogen) atoms. The lowest BCUT2D eigenvalue weighted by Crippen LogP contribution is -2.49. The van der Waals surface area contributed by atoms with Gasteiger partial charge in [0.2, 0.25) is 5.70 Å². The van der Waals surface area contributed by atoms with E-state index in [4.69, 9.17) is 0 Å². The molecular formula is C8H8F3NOS+. The van der Waals surface area contributed by atoms with Crippen molar-refractivity contribution in [3.05, 3.63) is 11.1 Å². The molecule has 77 valence electrons. The van der Waals surface area contributed by atoms with Gasteiger partial charge in [-0.15, -0.1) is 0 Å². The number of alkyl halides is 3. The van der Waals surface area contributed by atoms with Crippen LogP contribution in [-0.4, -0.2) is 29.0 Å². The van der Waals surface area contributed by atoms with E-state index in [-0.39, 0.29) is 6.04 Å². The molecule has 1 aliphatic carbocycles. The Hall–Kier alpha value is -0.490. The molecule has 1 saturated carbocycles. The molecule has 1 atom stereocenters. The highest BCUT2D eigenvalue weighted by atomic mass is 32.2. The smallest absolute Gasteiger partial charge is 0.218 e. The molecule has 1 radical (unpaired) electrons. The first-order valence-corrected chi connectivity index (χ1v) is 4.96. The van der Waals surface area contributed by atoms with Gasteiger partial charge in [0.15, 0.2) is 0 Å². The van der Waals surface area contributed by atoms with Gasteiger partial charge in [-0.1, -0.05) is 0 Å². The molecule has 6 heteroatoms. The topological polar surface area (TPSA) is 17.1 Å². The molecule has 1 unspecified atom stereocenters. The lowest BCUT2D eigenvalue weighted by atomic mass is 10.3. The molecule has 2 rings (SSSR count). The van der Waals surface area contributed by atoms with E-state index >= 15 is 0 Å². The fourth-order valence-corrected chi connectivity index (χ4v) is 2.54. The van der Waals surface area contributed by atoms with Crippen molar-refractivity contribution in [3.8, 4) is 0 Å². The molecule has 0 saturated heterocycles. The summed E-state index contributed by atoms with van der Waals surface area (Å²) in [6.45, 7) is 0. The van der Waals surface area contributed by atoms with E-state index in [0.717, 1.165) is 0 Å². The van der Waals surface area contributed by atoms with E-state index < -0.39 is 21.6 Å². The standard InChI is InChI=1S/C8H8F3NOS/c1-12(5-2-3-5)6(8(9,10)11)4-14-7(12)13/h5H,2-3H2,1H3/q+1. The largest absolute Gasteiger partial charge is 0.468 e. The molecule has 1 aliphatic heterocycles. The van der Waals surface area contributed by atoms with Crippen molar-refractivity contribution >= 4 is 17.0 Å². The van der Waals surface area contributed by atoms with E-state index in [1.165, 1.54) is 7.05 Å². The Labute approximate surface area is 83.3 Å². The summed E-state index contributed by atoms with van der Waals surface area (Å²) in [5.41, 5.74) is -0.838. The molecule has 0 aromatic heterocycles. The van der Waals surface area contributed by atoms with Crippen molar-refractivity contribution in [1.29, 1.82) is 0 Å². The molecule has 2 aliphatic rings. The number of thioether (sulfide) groups is 1. The van der Waals surface area contributed by atoms with Crippen molar-refractivity contribution in [2.24, 2.45) is 0 Å². The van der Waals surface area contributed by atoms with Crippen molar-refractivity contribution in [1.82, 2.24) is 0 Å². The number of halogens is 3. The Morgan fingerprint density at radius 1 is 1.50 bits per heavy atom. The fraction of sp³-hybridized carbons (Fsp3) is 0.625. The fourth-order valence-electron chi connectivity index (χ4n) is 1.62. The van der Waals surface area contributed by atoms with Gasteiger partial charge in [-0.25, -0.2) is 9.28 Å². The second kappa shape index (κ2) is 2.76. The summed E-state index contributed by atoms with van der Waals surface area (Å²) >= 11 is 0.534. The molecule has 0 aromatic rings. The monoisotopic (exact) mass is 223 g/mol. The number of carbonyl (C=O) groups excluding carboxylic acids is 1. The number of quaternary nitrogens is 1. The molecule has 0 aromatic carbocycles. The van der Waals surface area contributed by atoms with Crippen LogP contribution in [0.3, 0.4) is 0 Å². The van der Waals surface area contributed by atoms with E-state index in [0.29, 0.717) is 24.6 Å². The molecular weight excluding hydrogens is 215 g/mol. The second-order valence-corrected chi connectivity index (χ2v) is 4.38. The Morgan fingerprint density at radius 2 is 2.07 bits per heavy atom. The SMILES string of the molecule is C[N+]1(C2CC2)C(=O)S[C]=C1C(F)(F)F.